The fourth-order valence-electron chi connectivity index (χ4n) is 1.72. The van der Waals surface area contributed by atoms with E-state index in [-0.39, 0.29) is 29.3 Å². The van der Waals surface area contributed by atoms with Crippen molar-refractivity contribution in [1.29, 1.82) is 0 Å². The van der Waals surface area contributed by atoms with Gasteiger partial charge in [0.15, 0.2) is 5.78 Å². The number of aromatic nitrogens is 2. The first-order valence-corrected chi connectivity index (χ1v) is 6.41. The molecule has 0 amide bonds. The predicted octanol–water partition coefficient (Wildman–Crippen LogP) is 1.86. The highest BCUT2D eigenvalue weighted by Gasteiger charge is 2.17. The number of carbonyl (C=O) groups excluding carboxylic acids is 1. The van der Waals surface area contributed by atoms with E-state index < -0.39 is 4.92 Å². The van der Waals surface area contributed by atoms with Gasteiger partial charge in [0.2, 0.25) is 5.89 Å². The monoisotopic (exact) mass is 305 g/mol. The second-order valence-electron chi connectivity index (χ2n) is 4.78. The predicted molar refractivity (Wildman–Crippen MR) is 79.1 cm³/mol. The molecule has 1 N–H and O–H groups in total. The zero-order valence-electron chi connectivity index (χ0n) is 12.4. The van der Waals surface area contributed by atoms with E-state index in [0.717, 1.165) is 0 Å². The zero-order valence-corrected chi connectivity index (χ0v) is 12.4. The molecule has 0 radical (unpaired) electrons. The third kappa shape index (κ3) is 3.37. The molecular weight excluding hydrogens is 290 g/mol. The van der Waals surface area contributed by atoms with Crippen LogP contribution in [-0.4, -0.2) is 34.9 Å². The van der Waals surface area contributed by atoms with E-state index >= 15 is 0 Å². The molecule has 2 rings (SSSR count). The lowest BCUT2D eigenvalue weighted by atomic mass is 10.1. The van der Waals surface area contributed by atoms with Gasteiger partial charge in [0.25, 0.3) is 11.6 Å². The Morgan fingerprint density at radius 2 is 2.18 bits per heavy atom. The summed E-state index contributed by atoms with van der Waals surface area (Å²) in [4.78, 5) is 27.6. The molecule has 0 fully saturated rings. The van der Waals surface area contributed by atoms with E-state index in [1.165, 1.54) is 25.1 Å². The number of hydrogen-bond acceptors (Lipinski definition) is 8. The Labute approximate surface area is 126 Å². The first-order chi connectivity index (χ1) is 10.4. The van der Waals surface area contributed by atoms with Crippen molar-refractivity contribution in [3.8, 4) is 0 Å². The van der Waals surface area contributed by atoms with E-state index in [1.54, 1.807) is 19.0 Å². The van der Waals surface area contributed by atoms with Gasteiger partial charge in [-0.15, -0.1) is 0 Å². The molecule has 0 atom stereocenters. The van der Waals surface area contributed by atoms with Crippen molar-refractivity contribution < 1.29 is 14.2 Å². The van der Waals surface area contributed by atoms with Gasteiger partial charge in [0.1, 0.15) is 5.69 Å². The van der Waals surface area contributed by atoms with Crippen LogP contribution in [0.25, 0.3) is 0 Å². The van der Waals surface area contributed by atoms with Crippen LogP contribution < -0.4 is 10.2 Å². The number of nitro benzene ring substituents is 1. The summed E-state index contributed by atoms with van der Waals surface area (Å²) in [7, 11) is 3.54. The fraction of sp³-hybridized carbons (Fsp3) is 0.308. The molecule has 0 spiro atoms. The van der Waals surface area contributed by atoms with Crippen LogP contribution in [0.3, 0.4) is 0 Å². The highest BCUT2D eigenvalue weighted by atomic mass is 16.6. The summed E-state index contributed by atoms with van der Waals surface area (Å²) in [6.07, 6.45) is 0. The maximum Gasteiger partial charge on any atom is 0.293 e. The largest absolute Gasteiger partial charge is 0.371 e. The summed E-state index contributed by atoms with van der Waals surface area (Å²) in [5, 5.41) is 17.7. The van der Waals surface area contributed by atoms with Gasteiger partial charge in [0.05, 0.1) is 11.5 Å². The number of benzene rings is 1. The Balaban J connectivity index is 2.18. The molecule has 0 aliphatic carbocycles. The average molecular weight is 305 g/mol. The van der Waals surface area contributed by atoms with Gasteiger partial charge in [-0.25, -0.2) is 0 Å². The summed E-state index contributed by atoms with van der Waals surface area (Å²) in [5.41, 5.74) is 0.379. The lowest BCUT2D eigenvalue weighted by molar-refractivity contribution is -0.384. The minimum absolute atomic E-state index is 0.140. The van der Waals surface area contributed by atoms with E-state index in [4.69, 9.17) is 4.52 Å². The number of rotatable bonds is 6. The lowest BCUT2D eigenvalue weighted by Gasteiger charge is -2.06. The van der Waals surface area contributed by atoms with Crippen molar-refractivity contribution >= 4 is 23.1 Å². The molecular formula is C13H15N5O4. The number of nitro groups is 1. The molecule has 0 unspecified atom stereocenters. The van der Waals surface area contributed by atoms with Crippen LogP contribution in [0.5, 0.6) is 0 Å². The Kier molecular flexibility index (Phi) is 4.35. The molecule has 9 heteroatoms. The van der Waals surface area contributed by atoms with Gasteiger partial charge in [0, 0.05) is 25.7 Å². The number of nitrogens with zero attached hydrogens (tertiary/aromatic N) is 4. The van der Waals surface area contributed by atoms with Crippen molar-refractivity contribution in [3.63, 3.8) is 0 Å². The topological polar surface area (TPSA) is 114 Å². The van der Waals surface area contributed by atoms with E-state index in [1.807, 2.05) is 0 Å². The summed E-state index contributed by atoms with van der Waals surface area (Å²) in [5.74, 6) is 0.481. The third-order valence-electron chi connectivity index (χ3n) is 2.89. The Hall–Kier alpha value is -2.97. The van der Waals surface area contributed by atoms with E-state index in [2.05, 4.69) is 15.5 Å². The smallest absolute Gasteiger partial charge is 0.293 e. The van der Waals surface area contributed by atoms with Crippen LogP contribution in [0.2, 0.25) is 0 Å². The Bertz CT molecular complexity index is 710. The molecule has 1 heterocycles. The maximum atomic E-state index is 11.3. The molecule has 1 aromatic heterocycles. The molecule has 0 bridgehead atoms. The second-order valence-corrected chi connectivity index (χ2v) is 4.78. The van der Waals surface area contributed by atoms with Crippen molar-refractivity contribution in [2.24, 2.45) is 0 Å². The minimum atomic E-state index is -0.548. The first-order valence-electron chi connectivity index (χ1n) is 6.41. The summed E-state index contributed by atoms with van der Waals surface area (Å²) < 4.78 is 5.02. The van der Waals surface area contributed by atoms with Gasteiger partial charge < -0.3 is 14.7 Å². The molecule has 1 aromatic carbocycles. The fourth-order valence-corrected chi connectivity index (χ4v) is 1.72. The molecule has 9 nitrogen and oxygen atoms in total. The highest BCUT2D eigenvalue weighted by molar-refractivity contribution is 5.95. The lowest BCUT2D eigenvalue weighted by Crippen LogP contribution is -2.10. The van der Waals surface area contributed by atoms with E-state index in [0.29, 0.717) is 11.8 Å². The standard InChI is InChI=1S/C13H15N5O4/c1-8(19)9-4-5-10(11(6-9)18(20)21)14-7-12-15-13(16-22-12)17(2)3/h4-6,14H,7H2,1-3H3. The van der Waals surface area contributed by atoms with Gasteiger partial charge in [-0.05, 0) is 24.2 Å². The van der Waals surface area contributed by atoms with Gasteiger partial charge in [-0.3, -0.25) is 14.9 Å². The molecule has 2 aromatic rings. The molecule has 0 saturated carbocycles. The summed E-state index contributed by atoms with van der Waals surface area (Å²) in [6, 6.07) is 4.25. The van der Waals surface area contributed by atoms with Crippen molar-refractivity contribution in [1.82, 2.24) is 10.1 Å². The molecule has 0 aliphatic rings. The maximum absolute atomic E-state index is 11.3. The van der Waals surface area contributed by atoms with Crippen LogP contribution in [0.1, 0.15) is 23.2 Å². The number of nitrogens with one attached hydrogen (secondary N) is 1. The zero-order chi connectivity index (χ0) is 16.3. The van der Waals surface area contributed by atoms with Gasteiger partial charge in [-0.1, -0.05) is 0 Å². The van der Waals surface area contributed by atoms with Crippen LogP contribution in [0, 0.1) is 10.1 Å². The Morgan fingerprint density at radius 3 is 2.73 bits per heavy atom. The van der Waals surface area contributed by atoms with Crippen molar-refractivity contribution in [2.45, 2.75) is 13.5 Å². The number of hydrogen-bond donors (Lipinski definition) is 1. The normalized spacial score (nSPS) is 10.3. The molecule has 0 aliphatic heterocycles. The third-order valence-corrected chi connectivity index (χ3v) is 2.89. The van der Waals surface area contributed by atoms with E-state index in [9.17, 15) is 14.9 Å². The van der Waals surface area contributed by atoms with Crippen LogP contribution >= 0.6 is 0 Å². The van der Waals surface area contributed by atoms with Gasteiger partial charge >= 0.3 is 0 Å². The number of anilines is 2. The molecule has 22 heavy (non-hydrogen) atoms. The SMILES string of the molecule is CC(=O)c1ccc(NCc2nc(N(C)C)no2)c([N+](=O)[O-])c1. The highest BCUT2D eigenvalue weighted by Crippen LogP contribution is 2.26. The Morgan fingerprint density at radius 1 is 1.45 bits per heavy atom. The minimum Gasteiger partial charge on any atom is -0.371 e. The molecule has 116 valence electrons. The second kappa shape index (κ2) is 6.20. The number of carbonyl (C=O) groups is 1. The van der Waals surface area contributed by atoms with Crippen LogP contribution in [-0.2, 0) is 6.54 Å². The summed E-state index contributed by atoms with van der Waals surface area (Å²) in [6.45, 7) is 1.49. The molecule has 0 saturated heterocycles. The number of Topliss-reactive ketones (excluding diaryl/α,β-unsaturated/α-hetero) is 1. The van der Waals surface area contributed by atoms with Crippen molar-refractivity contribution in [3.05, 3.63) is 39.8 Å². The number of ketones is 1. The van der Waals surface area contributed by atoms with Crippen LogP contribution in [0.4, 0.5) is 17.3 Å². The first kappa shape index (κ1) is 15.4. The van der Waals surface area contributed by atoms with Crippen molar-refractivity contribution in [2.75, 3.05) is 24.3 Å². The summed E-state index contributed by atoms with van der Waals surface area (Å²) >= 11 is 0. The van der Waals surface area contributed by atoms with Crippen LogP contribution in [0.15, 0.2) is 22.7 Å². The average Bonchev–Trinajstić information content (AvgIpc) is 2.93. The quantitative estimate of drug-likeness (QED) is 0.488. The van der Waals surface area contributed by atoms with Gasteiger partial charge in [-0.2, -0.15) is 4.98 Å².